The van der Waals surface area contributed by atoms with Crippen LogP contribution in [0.3, 0.4) is 0 Å². The summed E-state index contributed by atoms with van der Waals surface area (Å²) in [5, 5.41) is 10.4. The van der Waals surface area contributed by atoms with Crippen LogP contribution in [0.2, 0.25) is 0 Å². The zero-order valence-electron chi connectivity index (χ0n) is 28.4. The SMILES string of the molecule is c1ccc(-c2nc(-n3c4ccccc4c4cc5c(cc43)c3ccccc3n5-c3ccc4ccccc4c3)c3oc4cc5ccccc5cc4c3n2)cc1. The van der Waals surface area contributed by atoms with Crippen LogP contribution in [0.4, 0.5) is 0 Å². The van der Waals surface area contributed by atoms with Gasteiger partial charge < -0.3 is 8.98 Å². The van der Waals surface area contributed by atoms with Crippen molar-refractivity contribution in [3.05, 3.63) is 170 Å². The second kappa shape index (κ2) is 10.6. The number of nitrogens with zero attached hydrogens (tertiary/aromatic N) is 4. The Labute approximate surface area is 302 Å². The van der Waals surface area contributed by atoms with E-state index in [4.69, 9.17) is 14.4 Å². The maximum Gasteiger partial charge on any atom is 0.197 e. The molecule has 0 saturated carbocycles. The summed E-state index contributed by atoms with van der Waals surface area (Å²) >= 11 is 0. The van der Waals surface area contributed by atoms with Gasteiger partial charge in [-0.2, -0.15) is 0 Å². The first-order valence-corrected chi connectivity index (χ1v) is 17.9. The first-order valence-electron chi connectivity index (χ1n) is 17.9. The largest absolute Gasteiger partial charge is 0.450 e. The highest BCUT2D eigenvalue weighted by Crippen LogP contribution is 2.42. The molecule has 4 heterocycles. The standard InChI is InChI=1S/C48H28N4O/c1-2-13-30(14-3-1)47-49-45-39-25-32-16-6-7-17-33(32)26-44(39)53-46(45)48(50-47)52-41-21-11-9-19-36(41)38-27-42-37(28-43(38)52)35-18-8-10-20-40(35)51(42)34-23-22-29-12-4-5-15-31(29)24-34/h1-28H. The molecule has 53 heavy (non-hydrogen) atoms. The summed E-state index contributed by atoms with van der Waals surface area (Å²) in [6, 6.07) is 60.3. The Bertz CT molecular complexity index is 3460. The number of hydrogen-bond donors (Lipinski definition) is 0. The molecule has 4 aromatic heterocycles. The van der Waals surface area contributed by atoms with E-state index in [9.17, 15) is 0 Å². The van der Waals surface area contributed by atoms with E-state index >= 15 is 0 Å². The Hall–Kier alpha value is -7.24. The monoisotopic (exact) mass is 676 g/mol. The van der Waals surface area contributed by atoms with Crippen molar-refractivity contribution in [3.8, 4) is 22.9 Å². The lowest BCUT2D eigenvalue weighted by molar-refractivity contribution is 0.663. The van der Waals surface area contributed by atoms with Gasteiger partial charge in [0.05, 0.1) is 22.1 Å². The second-order valence-electron chi connectivity index (χ2n) is 13.8. The average Bonchev–Trinajstić information content (AvgIpc) is 3.86. The molecule has 246 valence electrons. The summed E-state index contributed by atoms with van der Waals surface area (Å²) < 4.78 is 11.5. The molecule has 0 fully saturated rings. The third kappa shape index (κ3) is 4.07. The van der Waals surface area contributed by atoms with E-state index in [1.165, 1.54) is 27.1 Å². The second-order valence-corrected chi connectivity index (χ2v) is 13.8. The fourth-order valence-corrected chi connectivity index (χ4v) is 8.43. The van der Waals surface area contributed by atoms with Gasteiger partial charge in [0.2, 0.25) is 0 Å². The van der Waals surface area contributed by atoms with Gasteiger partial charge >= 0.3 is 0 Å². The van der Waals surface area contributed by atoms with Crippen LogP contribution in [0.25, 0.3) is 110 Å². The van der Waals surface area contributed by atoms with E-state index in [0.29, 0.717) is 11.4 Å². The van der Waals surface area contributed by atoms with Gasteiger partial charge in [0.15, 0.2) is 17.2 Å². The smallest absolute Gasteiger partial charge is 0.197 e. The van der Waals surface area contributed by atoms with Crippen LogP contribution in [0, 0.1) is 0 Å². The lowest BCUT2D eigenvalue weighted by Gasteiger charge is -2.11. The molecule has 0 N–H and O–H groups in total. The fourth-order valence-electron chi connectivity index (χ4n) is 8.43. The molecule has 0 radical (unpaired) electrons. The minimum absolute atomic E-state index is 0.656. The van der Waals surface area contributed by atoms with Crippen molar-refractivity contribution in [2.45, 2.75) is 0 Å². The van der Waals surface area contributed by atoms with Crippen LogP contribution in [-0.2, 0) is 0 Å². The molecule has 0 amide bonds. The summed E-state index contributed by atoms with van der Waals surface area (Å²) in [5.41, 5.74) is 8.79. The number of aromatic nitrogens is 4. The molecule has 12 aromatic rings. The first-order chi connectivity index (χ1) is 26.3. The highest BCUT2D eigenvalue weighted by Gasteiger charge is 2.24. The molecule has 0 spiro atoms. The molecule has 0 atom stereocenters. The van der Waals surface area contributed by atoms with Crippen LogP contribution < -0.4 is 0 Å². The van der Waals surface area contributed by atoms with E-state index < -0.39 is 0 Å². The van der Waals surface area contributed by atoms with Gasteiger partial charge in [-0.3, -0.25) is 4.57 Å². The van der Waals surface area contributed by atoms with Gasteiger partial charge in [0.1, 0.15) is 11.1 Å². The molecular weight excluding hydrogens is 649 g/mol. The van der Waals surface area contributed by atoms with E-state index in [2.05, 4.69) is 161 Å². The van der Waals surface area contributed by atoms with Crippen molar-refractivity contribution in [1.29, 1.82) is 0 Å². The van der Waals surface area contributed by atoms with E-state index in [1.807, 2.05) is 18.2 Å². The summed E-state index contributed by atoms with van der Waals surface area (Å²) in [6.07, 6.45) is 0. The predicted octanol–water partition coefficient (Wildman–Crippen LogP) is 12.5. The molecule has 5 nitrogen and oxygen atoms in total. The van der Waals surface area contributed by atoms with Crippen molar-refractivity contribution in [2.75, 3.05) is 0 Å². The van der Waals surface area contributed by atoms with Gasteiger partial charge in [-0.05, 0) is 70.1 Å². The zero-order valence-corrected chi connectivity index (χ0v) is 28.4. The summed E-state index contributed by atoms with van der Waals surface area (Å²) in [6.45, 7) is 0. The number of rotatable bonds is 3. The van der Waals surface area contributed by atoms with Crippen molar-refractivity contribution >= 4 is 87.2 Å². The number of hydrogen-bond acceptors (Lipinski definition) is 3. The van der Waals surface area contributed by atoms with Crippen molar-refractivity contribution in [1.82, 2.24) is 19.1 Å². The Morgan fingerprint density at radius 1 is 0.396 bits per heavy atom. The molecule has 0 aliphatic heterocycles. The summed E-state index contributed by atoms with van der Waals surface area (Å²) in [7, 11) is 0. The number of fused-ring (bicyclic) bond motifs is 11. The molecule has 8 aromatic carbocycles. The average molecular weight is 677 g/mol. The molecular formula is C48H28N4O. The van der Waals surface area contributed by atoms with Gasteiger partial charge in [-0.1, -0.05) is 121 Å². The summed E-state index contributed by atoms with van der Waals surface area (Å²) in [4.78, 5) is 10.6. The van der Waals surface area contributed by atoms with Crippen LogP contribution in [0.5, 0.6) is 0 Å². The summed E-state index contributed by atoms with van der Waals surface area (Å²) in [5.74, 6) is 1.38. The Morgan fingerprint density at radius 2 is 0.981 bits per heavy atom. The van der Waals surface area contributed by atoms with Gasteiger partial charge in [-0.25, -0.2) is 9.97 Å². The molecule has 0 saturated heterocycles. The molecule has 0 aliphatic carbocycles. The van der Waals surface area contributed by atoms with E-state index in [1.54, 1.807) is 0 Å². The maximum atomic E-state index is 6.81. The Balaban J connectivity index is 1.22. The lowest BCUT2D eigenvalue weighted by atomic mass is 10.1. The number of furan rings is 1. The van der Waals surface area contributed by atoms with Crippen LogP contribution in [0.15, 0.2) is 174 Å². The van der Waals surface area contributed by atoms with Crippen LogP contribution in [0.1, 0.15) is 0 Å². The molecule has 0 unspecified atom stereocenters. The fraction of sp³-hybridized carbons (Fsp3) is 0. The highest BCUT2D eigenvalue weighted by atomic mass is 16.3. The van der Waals surface area contributed by atoms with Crippen molar-refractivity contribution < 1.29 is 4.42 Å². The van der Waals surface area contributed by atoms with Crippen LogP contribution in [-0.4, -0.2) is 19.1 Å². The lowest BCUT2D eigenvalue weighted by Crippen LogP contribution is -2.01. The Morgan fingerprint density at radius 3 is 1.72 bits per heavy atom. The predicted molar refractivity (Wildman–Crippen MR) is 218 cm³/mol. The maximum absolute atomic E-state index is 6.81. The third-order valence-electron chi connectivity index (χ3n) is 10.9. The molecule has 0 aliphatic rings. The zero-order chi connectivity index (χ0) is 34.6. The quantitative estimate of drug-likeness (QED) is 0.187. The molecule has 0 bridgehead atoms. The van der Waals surface area contributed by atoms with E-state index in [0.717, 1.165) is 71.6 Å². The van der Waals surface area contributed by atoms with Crippen molar-refractivity contribution in [3.63, 3.8) is 0 Å². The van der Waals surface area contributed by atoms with Gasteiger partial charge in [0.25, 0.3) is 0 Å². The number of para-hydroxylation sites is 2. The third-order valence-corrected chi connectivity index (χ3v) is 10.9. The number of benzene rings is 8. The molecule has 5 heteroatoms. The highest BCUT2D eigenvalue weighted by molar-refractivity contribution is 6.20. The van der Waals surface area contributed by atoms with Gasteiger partial charge in [-0.15, -0.1) is 0 Å². The minimum Gasteiger partial charge on any atom is -0.450 e. The van der Waals surface area contributed by atoms with Crippen LogP contribution >= 0.6 is 0 Å². The van der Waals surface area contributed by atoms with Gasteiger partial charge in [0, 0.05) is 38.2 Å². The van der Waals surface area contributed by atoms with E-state index in [-0.39, 0.29) is 0 Å². The minimum atomic E-state index is 0.656. The molecule has 12 rings (SSSR count). The normalized spacial score (nSPS) is 12.2. The first kappa shape index (κ1) is 28.5. The topological polar surface area (TPSA) is 48.8 Å². The Kier molecular flexibility index (Phi) is 5.71. The van der Waals surface area contributed by atoms with Crippen molar-refractivity contribution in [2.24, 2.45) is 0 Å².